The Hall–Kier alpha value is -1.35. The fourth-order valence-corrected chi connectivity index (χ4v) is 4.05. The highest BCUT2D eigenvalue weighted by Crippen LogP contribution is 2.33. The number of benzene rings is 1. The van der Waals surface area contributed by atoms with Crippen LogP contribution in [0.3, 0.4) is 0 Å². The van der Waals surface area contributed by atoms with Crippen LogP contribution in [0.15, 0.2) is 12.1 Å². The maximum Gasteiger partial charge on any atom is 0.451 e. The first-order chi connectivity index (χ1) is 13.3. The second-order valence-electron chi connectivity index (χ2n) is 8.08. The Kier molecular flexibility index (Phi) is 8.55. The Balaban J connectivity index is 1.86. The molecule has 0 radical (unpaired) electrons. The predicted octanol–water partition coefficient (Wildman–Crippen LogP) is 2.42. The summed E-state index contributed by atoms with van der Waals surface area (Å²) in [6, 6.07) is 3.09. The summed E-state index contributed by atoms with van der Waals surface area (Å²) < 4.78 is 24.8. The van der Waals surface area contributed by atoms with Crippen molar-refractivity contribution >= 4 is 7.12 Å². The van der Waals surface area contributed by atoms with Gasteiger partial charge in [-0.1, -0.05) is 12.8 Å². The van der Waals surface area contributed by atoms with Gasteiger partial charge in [-0.15, -0.1) is 0 Å². The number of ether oxygens (including phenoxy) is 2. The van der Waals surface area contributed by atoms with Gasteiger partial charge in [0, 0.05) is 23.7 Å². The third-order valence-electron chi connectivity index (χ3n) is 5.89. The summed E-state index contributed by atoms with van der Waals surface area (Å²) in [5.41, 5.74) is 6.91. The highest BCUT2D eigenvalue weighted by molar-refractivity contribution is 6.40. The fraction of sp³-hybridized carbons (Fsp3) is 0.700. The van der Waals surface area contributed by atoms with E-state index in [0.29, 0.717) is 35.8 Å². The first-order valence-corrected chi connectivity index (χ1v) is 10.0. The van der Waals surface area contributed by atoms with E-state index in [4.69, 9.17) is 25.3 Å². The molecule has 1 aliphatic rings. The number of nitrogens with two attached hydrogens (primary N) is 1. The minimum absolute atomic E-state index is 0.263. The minimum Gasteiger partial charge on any atom is -0.493 e. The van der Waals surface area contributed by atoms with Crippen LogP contribution in [0, 0.1) is 11.7 Å². The van der Waals surface area contributed by atoms with Gasteiger partial charge in [0.15, 0.2) is 11.5 Å². The van der Waals surface area contributed by atoms with E-state index in [1.807, 2.05) is 0 Å². The summed E-state index contributed by atoms with van der Waals surface area (Å²) in [4.78, 5) is 2.25. The van der Waals surface area contributed by atoms with E-state index in [9.17, 15) is 4.39 Å². The maximum absolute atomic E-state index is 14.4. The number of likely N-dealkylation sites (tertiary alicyclic amines) is 1. The van der Waals surface area contributed by atoms with Crippen molar-refractivity contribution in [3.63, 3.8) is 0 Å². The average Bonchev–Trinajstić information content (AvgIpc) is 2.66. The van der Waals surface area contributed by atoms with Crippen LogP contribution in [0.2, 0.25) is 6.32 Å². The monoisotopic (exact) mass is 396 g/mol. The van der Waals surface area contributed by atoms with Gasteiger partial charge in [0.25, 0.3) is 0 Å². The lowest BCUT2D eigenvalue weighted by Crippen LogP contribution is -2.49. The van der Waals surface area contributed by atoms with E-state index < -0.39 is 7.12 Å². The van der Waals surface area contributed by atoms with Crippen LogP contribution in [0.4, 0.5) is 4.39 Å². The molecule has 1 heterocycles. The van der Waals surface area contributed by atoms with Crippen molar-refractivity contribution in [2.45, 2.75) is 57.4 Å². The molecule has 0 aliphatic carbocycles. The van der Waals surface area contributed by atoms with Crippen LogP contribution in [-0.2, 0) is 6.54 Å². The molecule has 1 aromatic carbocycles. The van der Waals surface area contributed by atoms with Crippen LogP contribution in [0.25, 0.3) is 0 Å². The molecular weight excluding hydrogens is 362 g/mol. The molecule has 1 atom stereocenters. The molecule has 1 fully saturated rings. The lowest BCUT2D eigenvalue weighted by Gasteiger charge is -2.40. The maximum atomic E-state index is 14.4. The molecule has 158 valence electrons. The molecule has 0 saturated carbocycles. The number of hydrogen-bond donors (Lipinski definition) is 3. The van der Waals surface area contributed by atoms with Crippen LogP contribution in [0.1, 0.15) is 44.6 Å². The number of piperidine rings is 1. The van der Waals surface area contributed by atoms with Crippen molar-refractivity contribution in [1.29, 1.82) is 0 Å². The molecule has 28 heavy (non-hydrogen) atoms. The Labute approximate surface area is 168 Å². The van der Waals surface area contributed by atoms with Gasteiger partial charge in [-0.25, -0.2) is 4.39 Å². The summed E-state index contributed by atoms with van der Waals surface area (Å²) in [5.74, 6) is 1.07. The molecule has 1 aromatic rings. The van der Waals surface area contributed by atoms with Crippen LogP contribution >= 0.6 is 0 Å². The standard InChI is InChI=1S/C20H34BFN2O4/c1-20(23,8-4-5-9-21(25)26)16-6-10-24(11-7-16)14-15-12-18(27-2)19(28-3)13-17(15)22/h12-13,16,25-26H,4-11,14,23H2,1-3H3. The van der Waals surface area contributed by atoms with Gasteiger partial charge in [-0.05, 0) is 57.6 Å². The summed E-state index contributed by atoms with van der Waals surface area (Å²) in [7, 11) is 1.82. The third-order valence-corrected chi connectivity index (χ3v) is 5.89. The van der Waals surface area contributed by atoms with Crippen LogP contribution < -0.4 is 15.2 Å². The molecule has 8 heteroatoms. The van der Waals surface area contributed by atoms with E-state index in [2.05, 4.69) is 11.8 Å². The number of nitrogens with zero attached hydrogens (tertiary/aromatic N) is 1. The number of unbranched alkanes of at least 4 members (excludes halogenated alkanes) is 1. The zero-order valence-corrected chi connectivity index (χ0v) is 17.3. The quantitative estimate of drug-likeness (QED) is 0.416. The average molecular weight is 396 g/mol. The zero-order valence-electron chi connectivity index (χ0n) is 17.3. The van der Waals surface area contributed by atoms with Gasteiger partial charge in [-0.3, -0.25) is 4.90 Å². The van der Waals surface area contributed by atoms with E-state index in [-0.39, 0.29) is 11.4 Å². The number of methoxy groups -OCH3 is 2. The highest BCUT2D eigenvalue weighted by Gasteiger charge is 2.33. The Morgan fingerprint density at radius 2 is 1.79 bits per heavy atom. The molecule has 0 aromatic heterocycles. The molecule has 1 aliphatic heterocycles. The Bertz CT molecular complexity index is 622. The Morgan fingerprint density at radius 3 is 2.36 bits per heavy atom. The second-order valence-corrected chi connectivity index (χ2v) is 8.08. The number of rotatable bonds is 10. The van der Waals surface area contributed by atoms with Crippen molar-refractivity contribution in [3.8, 4) is 11.5 Å². The minimum atomic E-state index is -1.23. The SMILES string of the molecule is COc1cc(F)c(CN2CCC(C(C)(N)CCCCB(O)O)CC2)cc1OC. The van der Waals surface area contributed by atoms with Crippen LogP contribution in [0.5, 0.6) is 11.5 Å². The van der Waals surface area contributed by atoms with E-state index >= 15 is 0 Å². The van der Waals surface area contributed by atoms with Crippen LogP contribution in [-0.4, -0.2) is 54.9 Å². The fourth-order valence-electron chi connectivity index (χ4n) is 4.05. The Morgan fingerprint density at radius 1 is 1.18 bits per heavy atom. The first kappa shape index (κ1) is 22.9. The van der Waals surface area contributed by atoms with Crippen molar-refractivity contribution in [2.24, 2.45) is 11.7 Å². The van der Waals surface area contributed by atoms with Crippen molar-refractivity contribution < 1.29 is 23.9 Å². The highest BCUT2D eigenvalue weighted by atomic mass is 19.1. The molecular formula is C20H34BFN2O4. The molecule has 4 N–H and O–H groups in total. The summed E-state index contributed by atoms with van der Waals surface area (Å²) in [6.07, 6.45) is 4.87. The molecule has 6 nitrogen and oxygen atoms in total. The summed E-state index contributed by atoms with van der Waals surface area (Å²) >= 11 is 0. The van der Waals surface area contributed by atoms with Gasteiger partial charge in [-0.2, -0.15) is 0 Å². The van der Waals surface area contributed by atoms with Gasteiger partial charge < -0.3 is 25.3 Å². The molecule has 0 spiro atoms. The summed E-state index contributed by atoms with van der Waals surface area (Å²) in [6.45, 7) is 4.38. The second kappa shape index (κ2) is 10.4. The van der Waals surface area contributed by atoms with Gasteiger partial charge in [0.1, 0.15) is 5.82 Å². The van der Waals surface area contributed by atoms with Crippen molar-refractivity contribution in [3.05, 3.63) is 23.5 Å². The smallest absolute Gasteiger partial charge is 0.451 e. The molecule has 2 rings (SSSR count). The van der Waals surface area contributed by atoms with Gasteiger partial charge in [0.05, 0.1) is 14.2 Å². The van der Waals surface area contributed by atoms with Crippen molar-refractivity contribution in [2.75, 3.05) is 27.3 Å². The van der Waals surface area contributed by atoms with Crippen molar-refractivity contribution in [1.82, 2.24) is 4.90 Å². The largest absolute Gasteiger partial charge is 0.493 e. The lowest BCUT2D eigenvalue weighted by atomic mass is 9.75. The molecule has 0 bridgehead atoms. The summed E-state index contributed by atoms with van der Waals surface area (Å²) in [5, 5.41) is 17.9. The predicted molar refractivity (Wildman–Crippen MR) is 109 cm³/mol. The lowest BCUT2D eigenvalue weighted by molar-refractivity contribution is 0.124. The van der Waals surface area contributed by atoms with E-state index in [0.717, 1.165) is 45.2 Å². The third kappa shape index (κ3) is 6.34. The van der Waals surface area contributed by atoms with Gasteiger partial charge >= 0.3 is 7.12 Å². The number of halogens is 1. The molecule has 0 amide bonds. The topological polar surface area (TPSA) is 88.2 Å². The zero-order chi connectivity index (χ0) is 20.7. The van der Waals surface area contributed by atoms with E-state index in [1.54, 1.807) is 13.2 Å². The van der Waals surface area contributed by atoms with Gasteiger partial charge in [0.2, 0.25) is 0 Å². The first-order valence-electron chi connectivity index (χ1n) is 10.0. The van der Waals surface area contributed by atoms with E-state index in [1.165, 1.54) is 13.2 Å². The molecule has 1 unspecified atom stereocenters. The normalized spacial score (nSPS) is 18.0. The number of hydrogen-bond acceptors (Lipinski definition) is 6. The molecule has 1 saturated heterocycles.